The fraction of sp³-hybridized carbons (Fsp3) is 0.125. The molecule has 2 aromatic carbocycles. The Hall–Kier alpha value is -2.52. The van der Waals surface area contributed by atoms with E-state index in [1.807, 2.05) is 28.0 Å². The number of nitrogens with zero attached hydrogens (tertiary/aromatic N) is 3. The summed E-state index contributed by atoms with van der Waals surface area (Å²) in [5, 5.41) is 10.6. The van der Waals surface area contributed by atoms with E-state index in [4.69, 9.17) is 0 Å². The second-order valence-electron chi connectivity index (χ2n) is 4.75. The molecule has 6 heteroatoms. The second kappa shape index (κ2) is 6.96. The third kappa shape index (κ3) is 3.57. The first kappa shape index (κ1) is 15.9. The summed E-state index contributed by atoms with van der Waals surface area (Å²) in [4.78, 5) is 14.1. The third-order valence-corrected chi connectivity index (χ3v) is 3.24. The Bertz CT molecular complexity index is 708. The van der Waals surface area contributed by atoms with Gasteiger partial charge >= 0.3 is 0 Å². The van der Waals surface area contributed by atoms with Crippen LogP contribution in [0.1, 0.15) is 5.56 Å². The van der Waals surface area contributed by atoms with Gasteiger partial charge in [0, 0.05) is 24.2 Å². The van der Waals surface area contributed by atoms with E-state index in [1.165, 1.54) is 17.7 Å². The lowest BCUT2D eigenvalue weighted by Gasteiger charge is -2.19. The van der Waals surface area contributed by atoms with Gasteiger partial charge in [0.15, 0.2) is 0 Å². The van der Waals surface area contributed by atoms with Crippen molar-refractivity contribution >= 4 is 11.4 Å². The minimum atomic E-state index is -0.402. The van der Waals surface area contributed by atoms with Gasteiger partial charge in [0.1, 0.15) is 6.67 Å². The molecule has 3 rings (SSSR count). The van der Waals surface area contributed by atoms with Crippen LogP contribution in [0.25, 0.3) is 0 Å². The van der Waals surface area contributed by atoms with E-state index in [1.54, 1.807) is 12.1 Å². The summed E-state index contributed by atoms with van der Waals surface area (Å²) in [6, 6.07) is 22.7. The minimum Gasteiger partial charge on any atom is -1.00 e. The van der Waals surface area contributed by atoms with Crippen molar-refractivity contribution in [1.29, 1.82) is 0 Å². The second-order valence-corrected chi connectivity index (χ2v) is 4.75. The van der Waals surface area contributed by atoms with Crippen LogP contribution < -0.4 is 21.9 Å². The molecule has 0 aromatic heterocycles. The van der Waals surface area contributed by atoms with Crippen LogP contribution in [0.15, 0.2) is 54.6 Å². The number of hydrogen-bond acceptors (Lipinski definition) is 4. The lowest BCUT2D eigenvalue weighted by molar-refractivity contribution is -0.384. The van der Waals surface area contributed by atoms with Crippen molar-refractivity contribution in [2.75, 3.05) is 11.6 Å². The highest BCUT2D eigenvalue weighted by Crippen LogP contribution is 2.21. The molecule has 0 fully saturated rings. The van der Waals surface area contributed by atoms with E-state index < -0.39 is 4.92 Å². The maximum absolute atomic E-state index is 10.6. The normalized spacial score (nSPS) is 12.4. The molecule has 0 unspecified atom stereocenters. The molecule has 0 bridgehead atoms. The van der Waals surface area contributed by atoms with Crippen LogP contribution in [-0.2, 0) is 6.54 Å². The molecule has 0 atom stereocenters. The Kier molecular flexibility index (Phi) is 5.02. The molecule has 1 aliphatic rings. The Morgan fingerprint density at radius 1 is 1.05 bits per heavy atom. The van der Waals surface area contributed by atoms with Crippen molar-refractivity contribution < 1.29 is 21.9 Å². The summed E-state index contributed by atoms with van der Waals surface area (Å²) in [5.41, 5.74) is 2.16. The number of hydrogen-bond donors (Lipinski definition) is 0. The summed E-state index contributed by atoms with van der Waals surface area (Å²) in [6.07, 6.45) is 0. The maximum atomic E-state index is 10.6. The van der Waals surface area contributed by atoms with Crippen molar-refractivity contribution in [3.8, 4) is 12.1 Å². The van der Waals surface area contributed by atoms with Gasteiger partial charge in [0.2, 0.25) is 0 Å². The molecular formula is C16H13BrN3O2-. The fourth-order valence-electron chi connectivity index (χ4n) is 2.17. The first-order valence-corrected chi connectivity index (χ1v) is 6.54. The Labute approximate surface area is 139 Å². The topological polar surface area (TPSA) is 49.6 Å². The number of rotatable bonds is 4. The van der Waals surface area contributed by atoms with E-state index in [2.05, 4.69) is 24.2 Å². The Morgan fingerprint density at radius 2 is 1.73 bits per heavy atom. The molecule has 0 saturated carbocycles. The molecule has 0 saturated heterocycles. The van der Waals surface area contributed by atoms with E-state index >= 15 is 0 Å². The van der Waals surface area contributed by atoms with Gasteiger partial charge in [-0.3, -0.25) is 15.0 Å². The van der Waals surface area contributed by atoms with Crippen molar-refractivity contribution in [2.24, 2.45) is 0 Å². The van der Waals surface area contributed by atoms with Crippen LogP contribution >= 0.6 is 0 Å². The van der Waals surface area contributed by atoms with E-state index in [-0.39, 0.29) is 22.7 Å². The first-order valence-electron chi connectivity index (χ1n) is 6.54. The average Bonchev–Trinajstić information content (AvgIpc) is 2.97. The van der Waals surface area contributed by atoms with E-state index in [0.29, 0.717) is 6.67 Å². The van der Waals surface area contributed by atoms with Crippen molar-refractivity contribution in [1.82, 2.24) is 4.90 Å². The molecule has 0 aliphatic carbocycles. The van der Waals surface area contributed by atoms with E-state index in [9.17, 15) is 10.1 Å². The Morgan fingerprint density at radius 3 is 2.36 bits per heavy atom. The number of halogens is 1. The minimum absolute atomic E-state index is 0. The number of nitro groups is 1. The molecule has 0 spiro atoms. The van der Waals surface area contributed by atoms with E-state index in [0.717, 1.165) is 12.2 Å². The van der Waals surface area contributed by atoms with Gasteiger partial charge < -0.3 is 21.9 Å². The highest BCUT2D eigenvalue weighted by molar-refractivity contribution is 5.56. The van der Waals surface area contributed by atoms with Crippen LogP contribution in [-0.4, -0.2) is 16.5 Å². The molecule has 112 valence electrons. The predicted molar refractivity (Wildman–Crippen MR) is 80.2 cm³/mol. The Balaban J connectivity index is 0.00000176. The van der Waals surface area contributed by atoms with Crippen molar-refractivity contribution in [3.63, 3.8) is 0 Å². The summed E-state index contributed by atoms with van der Waals surface area (Å²) >= 11 is 0. The monoisotopic (exact) mass is 358 g/mol. The lowest BCUT2D eigenvalue weighted by Crippen LogP contribution is -3.00. The highest BCUT2D eigenvalue weighted by Gasteiger charge is 2.15. The highest BCUT2D eigenvalue weighted by atomic mass is 79.9. The van der Waals surface area contributed by atoms with Gasteiger partial charge in [-0.25, -0.2) is 0 Å². The molecular weight excluding hydrogens is 346 g/mol. The predicted octanol–water partition coefficient (Wildman–Crippen LogP) is -0.203. The molecule has 1 aliphatic heterocycles. The van der Waals surface area contributed by atoms with Crippen molar-refractivity contribution in [3.05, 3.63) is 70.3 Å². The molecule has 1 heterocycles. The smallest absolute Gasteiger partial charge is 0.269 e. The van der Waals surface area contributed by atoms with Gasteiger partial charge in [-0.2, -0.15) is 0 Å². The van der Waals surface area contributed by atoms with Crippen LogP contribution in [0.3, 0.4) is 0 Å². The molecule has 2 aromatic rings. The molecule has 0 N–H and O–H groups in total. The summed E-state index contributed by atoms with van der Waals surface area (Å²) in [6.45, 7) is 1.39. The zero-order chi connectivity index (χ0) is 14.7. The first-order chi connectivity index (χ1) is 10.2. The van der Waals surface area contributed by atoms with Gasteiger partial charge in [-0.15, -0.1) is 0 Å². The van der Waals surface area contributed by atoms with Gasteiger partial charge in [-0.1, -0.05) is 30.3 Å². The number of benzene rings is 2. The van der Waals surface area contributed by atoms with Crippen LogP contribution in [0.4, 0.5) is 11.4 Å². The average molecular weight is 359 g/mol. The van der Waals surface area contributed by atoms with Crippen LogP contribution in [0.2, 0.25) is 0 Å². The summed E-state index contributed by atoms with van der Waals surface area (Å²) < 4.78 is 0. The molecule has 0 radical (unpaired) electrons. The van der Waals surface area contributed by atoms with Crippen LogP contribution in [0, 0.1) is 22.2 Å². The standard InChI is InChI=1S/C16H13N3O2.BrH/c20-19(21)16-8-6-15(7-9-16)18-11-10-17(13-18)12-14-4-2-1-3-5-14;/h1-9H,12-13H2;1H/p-1. The number of nitro benzene ring substituents is 1. The number of non-ortho nitro benzene ring substituents is 1. The molecule has 22 heavy (non-hydrogen) atoms. The van der Waals surface area contributed by atoms with Crippen molar-refractivity contribution in [2.45, 2.75) is 6.54 Å². The molecule has 0 amide bonds. The summed E-state index contributed by atoms with van der Waals surface area (Å²) in [5.74, 6) is 0. The van der Waals surface area contributed by atoms with Crippen LogP contribution in [0.5, 0.6) is 0 Å². The lowest BCUT2D eigenvalue weighted by atomic mass is 10.2. The molecule has 5 nitrogen and oxygen atoms in total. The zero-order valence-corrected chi connectivity index (χ0v) is 13.2. The largest absolute Gasteiger partial charge is 1.00 e. The quantitative estimate of drug-likeness (QED) is 0.431. The van der Waals surface area contributed by atoms with Gasteiger partial charge in [0.05, 0.1) is 17.2 Å². The van der Waals surface area contributed by atoms with Gasteiger partial charge in [0.25, 0.3) is 5.69 Å². The summed E-state index contributed by atoms with van der Waals surface area (Å²) in [7, 11) is 0. The zero-order valence-electron chi connectivity index (χ0n) is 11.6. The fourth-order valence-corrected chi connectivity index (χ4v) is 2.17. The maximum Gasteiger partial charge on any atom is 0.269 e. The van der Waals surface area contributed by atoms with Gasteiger partial charge in [-0.05, 0) is 17.7 Å². The SMILES string of the molecule is O=[N+]([O-])c1ccc(N2C#CN(Cc3ccccc3)C2)cc1.[Br-]. The number of anilines is 1. The third-order valence-electron chi connectivity index (χ3n) is 3.24.